The second-order valence-corrected chi connectivity index (χ2v) is 19.5. The molecule has 0 radical (unpaired) electrons. The molecule has 0 fully saturated rings. The van der Waals surface area contributed by atoms with Crippen molar-refractivity contribution in [2.45, 2.75) is 303 Å². The maximum absolute atomic E-state index is 12.9. The van der Waals surface area contributed by atoms with E-state index in [9.17, 15) is 14.4 Å². The third kappa shape index (κ3) is 54.1. The van der Waals surface area contributed by atoms with Gasteiger partial charge < -0.3 is 14.2 Å². The first-order valence-corrected chi connectivity index (χ1v) is 29.3. The molecule has 0 spiro atoms. The molecule has 0 aromatic rings. The van der Waals surface area contributed by atoms with Gasteiger partial charge in [-0.2, -0.15) is 0 Å². The highest BCUT2D eigenvalue weighted by Gasteiger charge is 2.19. The van der Waals surface area contributed by atoms with Crippen LogP contribution in [0.5, 0.6) is 0 Å². The molecule has 0 aliphatic carbocycles. The lowest BCUT2D eigenvalue weighted by atomic mass is 10.0. The number of allylic oxidation sites excluding steroid dienone is 10. The van der Waals surface area contributed by atoms with Gasteiger partial charge in [0.2, 0.25) is 0 Å². The van der Waals surface area contributed by atoms with Crippen molar-refractivity contribution in [3.05, 3.63) is 60.8 Å². The van der Waals surface area contributed by atoms with Crippen LogP contribution in [-0.2, 0) is 28.6 Å². The van der Waals surface area contributed by atoms with Crippen molar-refractivity contribution in [1.29, 1.82) is 0 Å². The van der Waals surface area contributed by atoms with Crippen LogP contribution in [0.3, 0.4) is 0 Å². The van der Waals surface area contributed by atoms with Crippen LogP contribution in [-0.4, -0.2) is 37.2 Å². The van der Waals surface area contributed by atoms with E-state index < -0.39 is 6.10 Å². The first-order valence-electron chi connectivity index (χ1n) is 29.3. The van der Waals surface area contributed by atoms with Gasteiger partial charge in [-0.15, -0.1) is 0 Å². The first-order chi connectivity index (χ1) is 33.5. The minimum atomic E-state index is -0.787. The van der Waals surface area contributed by atoms with Crippen LogP contribution < -0.4 is 0 Å². The molecule has 0 aromatic carbocycles. The highest BCUT2D eigenvalue weighted by Crippen LogP contribution is 2.16. The summed E-state index contributed by atoms with van der Waals surface area (Å²) in [6, 6.07) is 0. The van der Waals surface area contributed by atoms with E-state index >= 15 is 0 Å². The summed E-state index contributed by atoms with van der Waals surface area (Å²) < 4.78 is 16.9. The lowest BCUT2D eigenvalue weighted by Gasteiger charge is -2.18. The molecule has 68 heavy (non-hydrogen) atoms. The van der Waals surface area contributed by atoms with E-state index in [1.165, 1.54) is 161 Å². The zero-order valence-electron chi connectivity index (χ0n) is 45.1. The lowest BCUT2D eigenvalue weighted by Crippen LogP contribution is -2.30. The molecule has 0 aliphatic rings. The molecule has 0 amide bonds. The smallest absolute Gasteiger partial charge is 0.306 e. The van der Waals surface area contributed by atoms with Gasteiger partial charge in [-0.25, -0.2) is 0 Å². The summed E-state index contributed by atoms with van der Waals surface area (Å²) in [5.41, 5.74) is 0. The van der Waals surface area contributed by atoms with Gasteiger partial charge in [0.15, 0.2) is 6.10 Å². The molecular formula is C62H110O6. The summed E-state index contributed by atoms with van der Waals surface area (Å²) >= 11 is 0. The molecule has 0 rings (SSSR count). The highest BCUT2D eigenvalue weighted by molar-refractivity contribution is 5.71. The van der Waals surface area contributed by atoms with Crippen molar-refractivity contribution in [2.24, 2.45) is 0 Å². The summed E-state index contributed by atoms with van der Waals surface area (Å²) in [5, 5.41) is 0. The number of carbonyl (C=O) groups is 3. The Balaban J connectivity index is 4.40. The summed E-state index contributed by atoms with van der Waals surface area (Å²) in [6.07, 6.45) is 70.6. The summed E-state index contributed by atoms with van der Waals surface area (Å²) in [4.78, 5) is 38.2. The quantitative estimate of drug-likeness (QED) is 0.0262. The zero-order valence-corrected chi connectivity index (χ0v) is 45.1. The molecule has 0 bridgehead atoms. The van der Waals surface area contributed by atoms with Crippen LogP contribution in [0.25, 0.3) is 0 Å². The third-order valence-electron chi connectivity index (χ3n) is 12.8. The van der Waals surface area contributed by atoms with Crippen molar-refractivity contribution in [2.75, 3.05) is 13.2 Å². The van der Waals surface area contributed by atoms with Crippen molar-refractivity contribution in [3.63, 3.8) is 0 Å². The number of hydrogen-bond donors (Lipinski definition) is 0. The van der Waals surface area contributed by atoms with Crippen LogP contribution in [0.15, 0.2) is 60.8 Å². The molecular weight excluding hydrogens is 841 g/mol. The first kappa shape index (κ1) is 65.1. The minimum Gasteiger partial charge on any atom is -0.462 e. The highest BCUT2D eigenvalue weighted by atomic mass is 16.6. The molecule has 1 atom stereocenters. The van der Waals surface area contributed by atoms with E-state index in [0.29, 0.717) is 19.3 Å². The average molecular weight is 952 g/mol. The molecule has 0 heterocycles. The van der Waals surface area contributed by atoms with E-state index in [1.54, 1.807) is 0 Å². The Bertz CT molecular complexity index is 1230. The molecule has 0 aromatic heterocycles. The van der Waals surface area contributed by atoms with Gasteiger partial charge in [-0.1, -0.05) is 255 Å². The fourth-order valence-electron chi connectivity index (χ4n) is 8.37. The molecule has 1 unspecified atom stereocenters. The normalized spacial score (nSPS) is 12.5. The van der Waals surface area contributed by atoms with Crippen LogP contribution >= 0.6 is 0 Å². The summed E-state index contributed by atoms with van der Waals surface area (Å²) in [7, 11) is 0. The summed E-state index contributed by atoms with van der Waals surface area (Å²) in [6.45, 7) is 6.53. The van der Waals surface area contributed by atoms with E-state index in [-0.39, 0.29) is 31.1 Å². The molecule has 394 valence electrons. The topological polar surface area (TPSA) is 78.9 Å². The SMILES string of the molecule is CC/C=C\C/C=C\C/C=C\C/C=C\CCCCCCC(=O)OC(COC(=O)CCCCCCCCC/C=C\CCCCCCCCC)COC(=O)CCCCCCCCCCCCCCCCC. The van der Waals surface area contributed by atoms with E-state index in [0.717, 1.165) is 96.3 Å². The van der Waals surface area contributed by atoms with Crippen molar-refractivity contribution in [3.8, 4) is 0 Å². The Morgan fingerprint density at radius 1 is 0.309 bits per heavy atom. The molecule has 6 nitrogen and oxygen atoms in total. The largest absolute Gasteiger partial charge is 0.462 e. The molecule has 0 aliphatic heterocycles. The lowest BCUT2D eigenvalue weighted by molar-refractivity contribution is -0.167. The number of carbonyl (C=O) groups excluding carboxylic acids is 3. The average Bonchev–Trinajstić information content (AvgIpc) is 3.34. The van der Waals surface area contributed by atoms with Gasteiger partial charge in [0.1, 0.15) is 13.2 Å². The number of rotatable bonds is 53. The van der Waals surface area contributed by atoms with Crippen LogP contribution in [0.1, 0.15) is 297 Å². The Morgan fingerprint density at radius 2 is 0.574 bits per heavy atom. The molecule has 0 N–H and O–H groups in total. The maximum atomic E-state index is 12.9. The number of hydrogen-bond acceptors (Lipinski definition) is 6. The maximum Gasteiger partial charge on any atom is 0.306 e. The minimum absolute atomic E-state index is 0.0829. The van der Waals surface area contributed by atoms with E-state index in [2.05, 4.69) is 81.5 Å². The van der Waals surface area contributed by atoms with Gasteiger partial charge in [0.05, 0.1) is 0 Å². The number of unbranched alkanes of at least 4 members (excludes halogenated alkanes) is 32. The Hall–Kier alpha value is -2.89. The fourth-order valence-corrected chi connectivity index (χ4v) is 8.37. The van der Waals surface area contributed by atoms with Gasteiger partial charge in [-0.3, -0.25) is 14.4 Å². The number of esters is 3. The molecule has 6 heteroatoms. The molecule has 0 saturated carbocycles. The van der Waals surface area contributed by atoms with Gasteiger partial charge >= 0.3 is 17.9 Å². The van der Waals surface area contributed by atoms with E-state index in [4.69, 9.17) is 14.2 Å². The van der Waals surface area contributed by atoms with Gasteiger partial charge in [-0.05, 0) is 83.5 Å². The van der Waals surface area contributed by atoms with E-state index in [1.807, 2.05) is 0 Å². The van der Waals surface area contributed by atoms with Crippen LogP contribution in [0.4, 0.5) is 0 Å². The molecule has 0 saturated heterocycles. The van der Waals surface area contributed by atoms with Crippen LogP contribution in [0.2, 0.25) is 0 Å². The Kier molecular flexibility index (Phi) is 54.3. The third-order valence-corrected chi connectivity index (χ3v) is 12.8. The van der Waals surface area contributed by atoms with Gasteiger partial charge in [0.25, 0.3) is 0 Å². The van der Waals surface area contributed by atoms with Crippen LogP contribution in [0, 0.1) is 0 Å². The van der Waals surface area contributed by atoms with Crippen molar-refractivity contribution >= 4 is 17.9 Å². The monoisotopic (exact) mass is 951 g/mol. The fraction of sp³-hybridized carbons (Fsp3) is 0.790. The standard InChI is InChI=1S/C62H110O6/c1-4-7-10-13-16-19-22-25-28-30-32-34-37-40-43-46-49-52-55-61(64)67-58-59(57-66-60(63)54-51-48-45-42-39-36-33-27-24-21-18-15-12-9-6-3)68-62(65)56-53-50-47-44-41-38-35-31-29-26-23-20-17-14-11-8-5-2/h8,11,17,20,26,28-30,35,38,59H,4-7,9-10,12-16,18-19,21-25,27,31-34,36-37,39-58H2,1-3H3/b11-8-,20-17-,29-26-,30-28-,38-35-. The zero-order chi connectivity index (χ0) is 49.3. The summed E-state index contributed by atoms with van der Waals surface area (Å²) in [5.74, 6) is -0.898. The second-order valence-electron chi connectivity index (χ2n) is 19.5. The number of ether oxygens (including phenoxy) is 3. The van der Waals surface area contributed by atoms with Crippen molar-refractivity contribution in [1.82, 2.24) is 0 Å². The Labute approximate surface area is 421 Å². The van der Waals surface area contributed by atoms with Crippen molar-refractivity contribution < 1.29 is 28.6 Å². The Morgan fingerprint density at radius 3 is 0.912 bits per heavy atom. The predicted molar refractivity (Wildman–Crippen MR) is 293 cm³/mol. The predicted octanol–water partition coefficient (Wildman–Crippen LogP) is 19.6. The van der Waals surface area contributed by atoms with Gasteiger partial charge in [0, 0.05) is 19.3 Å². The second kappa shape index (κ2) is 56.7.